The number of aliphatic imine (C=N–C) groups is 1. The van der Waals surface area contributed by atoms with Gasteiger partial charge in [0.2, 0.25) is 0 Å². The maximum atomic E-state index is 5.95. The van der Waals surface area contributed by atoms with Crippen molar-refractivity contribution in [2.75, 3.05) is 25.0 Å². The molecule has 3 rings (SSSR count). The topological polar surface area (TPSA) is 27.6 Å². The van der Waals surface area contributed by atoms with Crippen molar-refractivity contribution < 1.29 is 0 Å². The fourth-order valence-corrected chi connectivity index (χ4v) is 3.36. The van der Waals surface area contributed by atoms with Gasteiger partial charge in [-0.3, -0.25) is 4.99 Å². The summed E-state index contributed by atoms with van der Waals surface area (Å²) in [5, 5.41) is 6.32. The highest BCUT2D eigenvalue weighted by molar-refractivity contribution is 7.09. The van der Waals surface area contributed by atoms with Crippen molar-refractivity contribution in [2.45, 2.75) is 19.3 Å². The molecule has 1 fully saturated rings. The van der Waals surface area contributed by atoms with Crippen molar-refractivity contribution in [3.8, 4) is 0 Å². The van der Waals surface area contributed by atoms with Gasteiger partial charge in [-0.2, -0.15) is 0 Å². The molecule has 5 heteroatoms. The number of rotatable bonds is 4. The SMILES string of the molecule is Clc1ccc(NC(=NCCc2cccs2)N2CCCC2)cc1. The standard InChI is InChI=1S/C17H20ClN3S/c18-14-5-7-15(8-6-14)20-17(21-11-1-2-12-21)19-10-9-16-4-3-13-22-16/h3-8,13H,1-2,9-12H2,(H,19,20). The van der Waals surface area contributed by atoms with E-state index in [1.807, 2.05) is 24.3 Å². The van der Waals surface area contributed by atoms with Gasteiger partial charge in [0, 0.05) is 41.6 Å². The van der Waals surface area contributed by atoms with Gasteiger partial charge in [0.25, 0.3) is 0 Å². The van der Waals surface area contributed by atoms with Crippen LogP contribution in [0, 0.1) is 0 Å². The second-order valence-electron chi connectivity index (χ2n) is 5.36. The summed E-state index contributed by atoms with van der Waals surface area (Å²) in [6.45, 7) is 2.98. The second-order valence-corrected chi connectivity index (χ2v) is 6.83. The summed E-state index contributed by atoms with van der Waals surface area (Å²) >= 11 is 7.74. The number of nitrogens with one attached hydrogen (secondary N) is 1. The minimum atomic E-state index is 0.753. The van der Waals surface area contributed by atoms with Gasteiger partial charge in [0.15, 0.2) is 5.96 Å². The Bertz CT molecular complexity index is 601. The second kappa shape index (κ2) is 7.65. The van der Waals surface area contributed by atoms with E-state index in [9.17, 15) is 0 Å². The van der Waals surface area contributed by atoms with Crippen molar-refractivity contribution in [1.82, 2.24) is 4.90 Å². The van der Waals surface area contributed by atoms with Crippen LogP contribution in [0.3, 0.4) is 0 Å². The van der Waals surface area contributed by atoms with E-state index in [1.54, 1.807) is 11.3 Å². The van der Waals surface area contributed by atoms with Crippen LogP contribution in [0.2, 0.25) is 5.02 Å². The summed E-state index contributed by atoms with van der Waals surface area (Å²) < 4.78 is 0. The zero-order chi connectivity index (χ0) is 15.2. The summed E-state index contributed by atoms with van der Waals surface area (Å²) in [6.07, 6.45) is 3.48. The Morgan fingerprint density at radius 2 is 1.95 bits per heavy atom. The molecule has 3 nitrogen and oxygen atoms in total. The quantitative estimate of drug-likeness (QED) is 0.658. The van der Waals surface area contributed by atoms with Crippen LogP contribution >= 0.6 is 22.9 Å². The van der Waals surface area contributed by atoms with E-state index in [0.29, 0.717) is 0 Å². The molecule has 0 saturated carbocycles. The summed E-state index contributed by atoms with van der Waals surface area (Å²) in [5.41, 5.74) is 1.03. The van der Waals surface area contributed by atoms with Crippen LogP contribution in [-0.4, -0.2) is 30.5 Å². The number of hydrogen-bond acceptors (Lipinski definition) is 2. The zero-order valence-electron chi connectivity index (χ0n) is 12.5. The van der Waals surface area contributed by atoms with Gasteiger partial charge in [-0.15, -0.1) is 11.3 Å². The monoisotopic (exact) mass is 333 g/mol. The molecule has 0 radical (unpaired) electrons. The van der Waals surface area contributed by atoms with Crippen LogP contribution in [0.1, 0.15) is 17.7 Å². The van der Waals surface area contributed by atoms with Crippen LogP contribution in [0.15, 0.2) is 46.8 Å². The van der Waals surface area contributed by atoms with Crippen molar-refractivity contribution in [1.29, 1.82) is 0 Å². The number of benzene rings is 1. The molecule has 1 saturated heterocycles. The number of hydrogen-bond donors (Lipinski definition) is 1. The Morgan fingerprint density at radius 1 is 1.18 bits per heavy atom. The normalized spacial score (nSPS) is 15.3. The lowest BCUT2D eigenvalue weighted by atomic mass is 10.3. The number of nitrogens with zero attached hydrogens (tertiary/aromatic N) is 2. The predicted octanol–water partition coefficient (Wildman–Crippen LogP) is 4.51. The molecule has 22 heavy (non-hydrogen) atoms. The molecule has 1 aliphatic rings. The lowest BCUT2D eigenvalue weighted by Crippen LogP contribution is -2.34. The summed E-state index contributed by atoms with van der Waals surface area (Å²) in [5.74, 6) is 0.983. The van der Waals surface area contributed by atoms with E-state index in [0.717, 1.165) is 42.7 Å². The van der Waals surface area contributed by atoms with Crippen LogP contribution in [0.4, 0.5) is 5.69 Å². The maximum absolute atomic E-state index is 5.95. The number of anilines is 1. The van der Waals surface area contributed by atoms with E-state index in [2.05, 4.69) is 27.7 Å². The highest BCUT2D eigenvalue weighted by Crippen LogP contribution is 2.16. The number of halogens is 1. The van der Waals surface area contributed by atoms with E-state index in [4.69, 9.17) is 16.6 Å². The third-order valence-electron chi connectivity index (χ3n) is 3.71. The van der Waals surface area contributed by atoms with E-state index < -0.39 is 0 Å². The third-order valence-corrected chi connectivity index (χ3v) is 4.89. The Morgan fingerprint density at radius 3 is 2.64 bits per heavy atom. The maximum Gasteiger partial charge on any atom is 0.198 e. The average Bonchev–Trinajstić information content (AvgIpc) is 3.21. The average molecular weight is 334 g/mol. The van der Waals surface area contributed by atoms with Gasteiger partial charge in [0.1, 0.15) is 0 Å². The molecular formula is C17H20ClN3S. The smallest absolute Gasteiger partial charge is 0.198 e. The van der Waals surface area contributed by atoms with Gasteiger partial charge in [-0.25, -0.2) is 0 Å². The Balaban J connectivity index is 1.67. The molecule has 0 spiro atoms. The molecule has 1 aromatic heterocycles. The first kappa shape index (κ1) is 15.4. The fraction of sp³-hybridized carbons (Fsp3) is 0.353. The van der Waals surface area contributed by atoms with Crippen LogP contribution < -0.4 is 5.32 Å². The van der Waals surface area contributed by atoms with E-state index >= 15 is 0 Å². The molecular weight excluding hydrogens is 314 g/mol. The lowest BCUT2D eigenvalue weighted by Gasteiger charge is -2.21. The summed E-state index contributed by atoms with van der Waals surface area (Å²) in [6, 6.07) is 12.0. The Labute approximate surface area is 140 Å². The van der Waals surface area contributed by atoms with Crippen molar-refractivity contribution in [3.63, 3.8) is 0 Å². The molecule has 0 bridgehead atoms. The molecule has 2 heterocycles. The van der Waals surface area contributed by atoms with Gasteiger partial charge >= 0.3 is 0 Å². The van der Waals surface area contributed by atoms with Gasteiger partial charge < -0.3 is 10.2 Å². The number of likely N-dealkylation sites (tertiary alicyclic amines) is 1. The van der Waals surface area contributed by atoms with Gasteiger partial charge in [-0.05, 0) is 48.6 Å². The highest BCUT2D eigenvalue weighted by Gasteiger charge is 2.16. The van der Waals surface area contributed by atoms with Crippen molar-refractivity contribution in [2.24, 2.45) is 4.99 Å². The first-order chi connectivity index (χ1) is 10.8. The van der Waals surface area contributed by atoms with Crippen molar-refractivity contribution >= 4 is 34.6 Å². The Kier molecular flexibility index (Phi) is 5.35. The summed E-state index contributed by atoms with van der Waals surface area (Å²) in [4.78, 5) is 8.52. The molecule has 2 aromatic rings. The van der Waals surface area contributed by atoms with Crippen LogP contribution in [-0.2, 0) is 6.42 Å². The fourth-order valence-electron chi connectivity index (χ4n) is 2.54. The van der Waals surface area contributed by atoms with Crippen molar-refractivity contribution in [3.05, 3.63) is 51.7 Å². The molecule has 1 aromatic carbocycles. The third kappa shape index (κ3) is 4.24. The minimum Gasteiger partial charge on any atom is -0.343 e. The minimum absolute atomic E-state index is 0.753. The largest absolute Gasteiger partial charge is 0.343 e. The molecule has 1 aliphatic heterocycles. The predicted molar refractivity (Wildman–Crippen MR) is 96.2 cm³/mol. The highest BCUT2D eigenvalue weighted by atomic mass is 35.5. The van der Waals surface area contributed by atoms with Gasteiger partial charge in [-0.1, -0.05) is 17.7 Å². The first-order valence-electron chi connectivity index (χ1n) is 7.65. The molecule has 1 N–H and O–H groups in total. The summed E-state index contributed by atoms with van der Waals surface area (Å²) in [7, 11) is 0. The molecule has 0 aliphatic carbocycles. The lowest BCUT2D eigenvalue weighted by molar-refractivity contribution is 0.515. The number of guanidine groups is 1. The number of thiophene rings is 1. The van der Waals surface area contributed by atoms with Gasteiger partial charge in [0.05, 0.1) is 0 Å². The van der Waals surface area contributed by atoms with Crippen LogP contribution in [0.25, 0.3) is 0 Å². The molecule has 0 unspecified atom stereocenters. The Hall–Kier alpha value is -1.52. The zero-order valence-corrected chi connectivity index (χ0v) is 14.0. The van der Waals surface area contributed by atoms with E-state index in [1.165, 1.54) is 17.7 Å². The molecule has 0 amide bonds. The van der Waals surface area contributed by atoms with E-state index in [-0.39, 0.29) is 0 Å². The first-order valence-corrected chi connectivity index (χ1v) is 8.91. The van der Waals surface area contributed by atoms with Crippen LogP contribution in [0.5, 0.6) is 0 Å². The molecule has 0 atom stereocenters. The molecule has 116 valence electrons.